The third-order valence-corrected chi connectivity index (χ3v) is 5.83. The van der Waals surface area contributed by atoms with Gasteiger partial charge in [0.05, 0.1) is 11.5 Å². The van der Waals surface area contributed by atoms with Crippen LogP contribution in [0.5, 0.6) is 11.5 Å². The van der Waals surface area contributed by atoms with Crippen LogP contribution in [-0.4, -0.2) is 33.4 Å². The Bertz CT molecular complexity index is 900. The van der Waals surface area contributed by atoms with E-state index in [0.29, 0.717) is 33.7 Å². The van der Waals surface area contributed by atoms with Gasteiger partial charge in [0.15, 0.2) is 11.5 Å². The number of hydrogen-bond donors (Lipinski definition) is 1. The Morgan fingerprint density at radius 1 is 1.30 bits per heavy atom. The number of ether oxygens (including phenoxy) is 1. The first-order valence-corrected chi connectivity index (χ1v) is 10.5. The summed E-state index contributed by atoms with van der Waals surface area (Å²) in [5.41, 5.74) is 1.66. The van der Waals surface area contributed by atoms with E-state index < -0.39 is 0 Å². The monoisotopic (exact) mass is 463 g/mol. The normalized spacial score (nSPS) is 15.6. The maximum Gasteiger partial charge on any atom is 0.266 e. The van der Waals surface area contributed by atoms with Crippen LogP contribution in [0.2, 0.25) is 0 Å². The van der Waals surface area contributed by atoms with Crippen LogP contribution in [0.1, 0.15) is 18.1 Å². The number of carbonyl (C=O) groups is 1. The minimum absolute atomic E-state index is 0.00889. The number of phenols is 1. The molecule has 1 fully saturated rings. The average Bonchev–Trinajstić information content (AvgIpc) is 2.91. The summed E-state index contributed by atoms with van der Waals surface area (Å²) < 4.78 is 6.73. The SMILES string of the molecule is CCOc1cc(Br)cc(C=C2SC(=S)N(CCc3ccccc3)C2=O)c1O. The first-order chi connectivity index (χ1) is 13.0. The quantitative estimate of drug-likeness (QED) is 0.482. The molecule has 1 aliphatic heterocycles. The Labute approximate surface area is 176 Å². The molecule has 27 heavy (non-hydrogen) atoms. The molecule has 1 heterocycles. The number of thioether (sulfide) groups is 1. The van der Waals surface area contributed by atoms with E-state index in [0.717, 1.165) is 16.5 Å². The number of halogens is 1. The molecule has 7 heteroatoms. The molecule has 0 radical (unpaired) electrons. The van der Waals surface area contributed by atoms with Crippen LogP contribution in [0.15, 0.2) is 51.8 Å². The summed E-state index contributed by atoms with van der Waals surface area (Å²) in [6, 6.07) is 13.4. The Kier molecular flexibility index (Phi) is 6.57. The van der Waals surface area contributed by atoms with Gasteiger partial charge in [0.1, 0.15) is 4.32 Å². The molecule has 0 bridgehead atoms. The molecule has 4 nitrogen and oxygen atoms in total. The average molecular weight is 464 g/mol. The molecule has 0 atom stereocenters. The fourth-order valence-electron chi connectivity index (χ4n) is 2.69. The van der Waals surface area contributed by atoms with E-state index in [-0.39, 0.29) is 11.7 Å². The summed E-state index contributed by atoms with van der Waals surface area (Å²) in [4.78, 5) is 14.9. The molecule has 3 rings (SSSR count). The number of rotatable bonds is 6. The molecule has 2 aromatic rings. The van der Waals surface area contributed by atoms with Gasteiger partial charge in [-0.25, -0.2) is 0 Å². The number of carbonyl (C=O) groups excluding carboxylic acids is 1. The molecule has 1 N–H and O–H groups in total. The maximum atomic E-state index is 12.8. The van der Waals surface area contributed by atoms with Crippen LogP contribution in [0.3, 0.4) is 0 Å². The smallest absolute Gasteiger partial charge is 0.266 e. The van der Waals surface area contributed by atoms with E-state index in [1.807, 2.05) is 37.3 Å². The number of amides is 1. The minimum atomic E-state index is -0.140. The van der Waals surface area contributed by atoms with Crippen LogP contribution < -0.4 is 4.74 Å². The van der Waals surface area contributed by atoms with Gasteiger partial charge in [0.2, 0.25) is 0 Å². The molecule has 1 amide bonds. The summed E-state index contributed by atoms with van der Waals surface area (Å²) in [7, 11) is 0. The zero-order valence-electron chi connectivity index (χ0n) is 14.6. The minimum Gasteiger partial charge on any atom is -0.504 e. The molecule has 0 unspecified atom stereocenters. The number of aromatic hydroxyl groups is 1. The van der Waals surface area contributed by atoms with Gasteiger partial charge in [0.25, 0.3) is 5.91 Å². The summed E-state index contributed by atoms with van der Waals surface area (Å²) in [5, 5.41) is 10.4. The highest BCUT2D eigenvalue weighted by Gasteiger charge is 2.32. The summed E-state index contributed by atoms with van der Waals surface area (Å²) in [6.07, 6.45) is 2.39. The zero-order valence-corrected chi connectivity index (χ0v) is 17.9. The first kappa shape index (κ1) is 19.9. The number of phenolic OH excluding ortho intramolecular Hbond substituents is 1. The lowest BCUT2D eigenvalue weighted by atomic mass is 10.1. The van der Waals surface area contributed by atoms with Crippen molar-refractivity contribution in [1.82, 2.24) is 4.90 Å². The molecule has 140 valence electrons. The summed E-state index contributed by atoms with van der Waals surface area (Å²) in [6.45, 7) is 2.81. The fourth-order valence-corrected chi connectivity index (χ4v) is 4.44. The van der Waals surface area contributed by atoms with Crippen molar-refractivity contribution in [3.8, 4) is 11.5 Å². The predicted molar refractivity (Wildman–Crippen MR) is 117 cm³/mol. The van der Waals surface area contributed by atoms with E-state index in [9.17, 15) is 9.90 Å². The van der Waals surface area contributed by atoms with Crippen molar-refractivity contribution in [1.29, 1.82) is 0 Å². The Hall–Kier alpha value is -1.83. The second-order valence-electron chi connectivity index (χ2n) is 5.84. The predicted octanol–water partition coefficient (Wildman–Crippen LogP) is 5.00. The number of nitrogens with zero attached hydrogens (tertiary/aromatic N) is 1. The van der Waals surface area contributed by atoms with E-state index in [1.165, 1.54) is 11.8 Å². The van der Waals surface area contributed by atoms with Crippen LogP contribution in [-0.2, 0) is 11.2 Å². The molecule has 0 spiro atoms. The van der Waals surface area contributed by atoms with Gasteiger partial charge in [-0.3, -0.25) is 9.69 Å². The van der Waals surface area contributed by atoms with Crippen molar-refractivity contribution in [3.63, 3.8) is 0 Å². The molecule has 0 aromatic heterocycles. The van der Waals surface area contributed by atoms with E-state index in [4.69, 9.17) is 17.0 Å². The van der Waals surface area contributed by atoms with Gasteiger partial charge < -0.3 is 9.84 Å². The zero-order chi connectivity index (χ0) is 19.4. The highest BCUT2D eigenvalue weighted by Crippen LogP contribution is 2.38. The molecule has 0 aliphatic carbocycles. The lowest BCUT2D eigenvalue weighted by Crippen LogP contribution is -2.30. The van der Waals surface area contributed by atoms with Crippen LogP contribution >= 0.6 is 39.9 Å². The Morgan fingerprint density at radius 3 is 2.74 bits per heavy atom. The highest BCUT2D eigenvalue weighted by atomic mass is 79.9. The molecule has 0 saturated carbocycles. The Morgan fingerprint density at radius 2 is 2.04 bits per heavy atom. The van der Waals surface area contributed by atoms with E-state index in [2.05, 4.69) is 15.9 Å². The van der Waals surface area contributed by atoms with Gasteiger partial charge in [-0.05, 0) is 37.1 Å². The Balaban J connectivity index is 1.80. The van der Waals surface area contributed by atoms with Crippen LogP contribution in [0.4, 0.5) is 0 Å². The third kappa shape index (κ3) is 4.72. The fraction of sp³-hybridized carbons (Fsp3) is 0.200. The van der Waals surface area contributed by atoms with Crippen molar-refractivity contribution in [2.75, 3.05) is 13.2 Å². The van der Waals surface area contributed by atoms with Crippen molar-refractivity contribution >= 4 is 56.2 Å². The van der Waals surface area contributed by atoms with Crippen molar-refractivity contribution in [3.05, 3.63) is 63.0 Å². The lowest BCUT2D eigenvalue weighted by molar-refractivity contribution is -0.122. The first-order valence-electron chi connectivity index (χ1n) is 8.44. The van der Waals surface area contributed by atoms with Crippen LogP contribution in [0, 0.1) is 0 Å². The number of thiocarbonyl (C=S) groups is 1. The lowest BCUT2D eigenvalue weighted by Gasteiger charge is -2.14. The van der Waals surface area contributed by atoms with Gasteiger partial charge in [-0.2, -0.15) is 0 Å². The molecular formula is C20H18BrNO3S2. The number of benzene rings is 2. The third-order valence-electron chi connectivity index (χ3n) is 4.00. The molecule has 1 aliphatic rings. The highest BCUT2D eigenvalue weighted by molar-refractivity contribution is 9.10. The van der Waals surface area contributed by atoms with Gasteiger partial charge in [0, 0.05) is 16.6 Å². The van der Waals surface area contributed by atoms with E-state index in [1.54, 1.807) is 23.1 Å². The number of hydrogen-bond acceptors (Lipinski definition) is 5. The molecular weight excluding hydrogens is 446 g/mol. The molecule has 2 aromatic carbocycles. The maximum absolute atomic E-state index is 12.8. The van der Waals surface area contributed by atoms with Gasteiger partial charge in [-0.1, -0.05) is 70.2 Å². The van der Waals surface area contributed by atoms with Crippen LogP contribution in [0.25, 0.3) is 6.08 Å². The van der Waals surface area contributed by atoms with Crippen molar-refractivity contribution < 1.29 is 14.6 Å². The van der Waals surface area contributed by atoms with Crippen molar-refractivity contribution in [2.24, 2.45) is 0 Å². The van der Waals surface area contributed by atoms with Crippen molar-refractivity contribution in [2.45, 2.75) is 13.3 Å². The topological polar surface area (TPSA) is 49.8 Å². The van der Waals surface area contributed by atoms with Gasteiger partial charge >= 0.3 is 0 Å². The summed E-state index contributed by atoms with van der Waals surface area (Å²) >= 11 is 10.0. The second kappa shape index (κ2) is 8.91. The second-order valence-corrected chi connectivity index (χ2v) is 8.44. The standard InChI is InChI=1S/C20H18BrNO3S2/c1-2-25-16-12-15(21)10-14(18(16)23)11-17-19(24)22(20(26)27-17)9-8-13-6-4-3-5-7-13/h3-7,10-12,23H,2,8-9H2,1H3. The summed E-state index contributed by atoms with van der Waals surface area (Å²) in [5.74, 6) is 0.241. The molecule has 1 saturated heterocycles. The van der Waals surface area contributed by atoms with E-state index >= 15 is 0 Å². The van der Waals surface area contributed by atoms with Gasteiger partial charge in [-0.15, -0.1) is 0 Å². The largest absolute Gasteiger partial charge is 0.504 e.